The Hall–Kier alpha value is -1.22. The van der Waals surface area contributed by atoms with Crippen molar-refractivity contribution in [3.05, 3.63) is 75.6 Å². The van der Waals surface area contributed by atoms with E-state index in [-0.39, 0.29) is 11.8 Å². The third-order valence-electron chi connectivity index (χ3n) is 5.25. The van der Waals surface area contributed by atoms with E-state index in [9.17, 15) is 9.59 Å². The molecule has 30 heavy (non-hydrogen) atoms. The number of hydrogen-bond donors (Lipinski definition) is 2. The van der Waals surface area contributed by atoms with Crippen molar-refractivity contribution in [2.45, 2.75) is 26.7 Å². The lowest BCUT2D eigenvalue weighted by atomic mass is 10.0. The molecule has 154 valence electrons. The van der Waals surface area contributed by atoms with Gasteiger partial charge in [0.25, 0.3) is 11.8 Å². The van der Waals surface area contributed by atoms with Gasteiger partial charge in [0.05, 0.1) is 22.5 Å². The van der Waals surface area contributed by atoms with Crippen molar-refractivity contribution in [2.24, 2.45) is 0 Å². The van der Waals surface area contributed by atoms with Gasteiger partial charge < -0.3 is 10.6 Å². The van der Waals surface area contributed by atoms with Gasteiger partial charge in [-0.3, -0.25) is 9.59 Å². The minimum Gasteiger partial charge on any atom is -0.321 e. The van der Waals surface area contributed by atoms with Crippen molar-refractivity contribution in [3.63, 3.8) is 0 Å². The quantitative estimate of drug-likeness (QED) is 0.408. The number of amides is 2. The van der Waals surface area contributed by atoms with Crippen LogP contribution < -0.4 is 10.6 Å². The van der Waals surface area contributed by atoms with E-state index in [1.165, 1.54) is 0 Å². The van der Waals surface area contributed by atoms with E-state index >= 15 is 0 Å². The molecule has 0 aliphatic carbocycles. The molecule has 0 aromatic heterocycles. The molecule has 0 spiro atoms. The standard InChI is InChI=1S/C22H16Br4N2O2/c1-3-11-13(23)5-9(6-14(11)24)19-17-18(22(30)27-19)20(28-21(17)29)10-7-15(25)12(4-2)16(26)8-10/h5-8H,3-4H2,1-2H3,(H,27,30)(H,28,29). The van der Waals surface area contributed by atoms with E-state index in [1.807, 2.05) is 24.3 Å². The Morgan fingerprint density at radius 1 is 0.633 bits per heavy atom. The second-order valence-corrected chi connectivity index (χ2v) is 10.4. The van der Waals surface area contributed by atoms with E-state index in [0.29, 0.717) is 22.5 Å². The van der Waals surface area contributed by atoms with Gasteiger partial charge in [-0.25, -0.2) is 0 Å². The Morgan fingerprint density at radius 3 is 1.20 bits per heavy atom. The highest BCUT2D eigenvalue weighted by atomic mass is 79.9. The van der Waals surface area contributed by atoms with Crippen molar-refractivity contribution in [1.82, 2.24) is 10.6 Å². The zero-order chi connectivity index (χ0) is 21.7. The number of carbonyl (C=O) groups excluding carboxylic acids is 2. The van der Waals surface area contributed by atoms with Crippen LogP contribution in [0.15, 0.2) is 53.3 Å². The first-order valence-corrected chi connectivity index (χ1v) is 12.5. The summed E-state index contributed by atoms with van der Waals surface area (Å²) in [6.45, 7) is 4.14. The lowest BCUT2D eigenvalue weighted by Gasteiger charge is -2.12. The third kappa shape index (κ3) is 3.55. The van der Waals surface area contributed by atoms with Crippen molar-refractivity contribution >= 4 is 86.9 Å². The fourth-order valence-corrected chi connectivity index (χ4v) is 7.28. The minimum atomic E-state index is -0.285. The molecule has 2 amide bonds. The number of nitrogens with one attached hydrogen (secondary N) is 2. The van der Waals surface area contributed by atoms with E-state index in [0.717, 1.165) is 53.0 Å². The number of fused-ring (bicyclic) bond motifs is 1. The van der Waals surface area contributed by atoms with Crippen LogP contribution in [-0.2, 0) is 22.4 Å². The van der Waals surface area contributed by atoms with Crippen LogP contribution in [0.3, 0.4) is 0 Å². The maximum Gasteiger partial charge on any atom is 0.258 e. The highest BCUT2D eigenvalue weighted by molar-refractivity contribution is 9.11. The molecule has 0 radical (unpaired) electrons. The molecular formula is C22H16Br4N2O2. The van der Waals surface area contributed by atoms with Crippen LogP contribution in [0.25, 0.3) is 11.4 Å². The second kappa shape index (κ2) is 8.37. The van der Waals surface area contributed by atoms with E-state index < -0.39 is 0 Å². The molecule has 0 saturated carbocycles. The van der Waals surface area contributed by atoms with Crippen LogP contribution in [0.1, 0.15) is 36.1 Å². The van der Waals surface area contributed by atoms with Crippen LogP contribution in [0.4, 0.5) is 0 Å². The van der Waals surface area contributed by atoms with Crippen molar-refractivity contribution in [3.8, 4) is 0 Å². The predicted octanol–water partition coefficient (Wildman–Crippen LogP) is 6.24. The Bertz CT molecular complexity index is 1060. The molecule has 2 aromatic rings. The van der Waals surface area contributed by atoms with Crippen LogP contribution in [0.2, 0.25) is 0 Å². The molecule has 2 heterocycles. The summed E-state index contributed by atoms with van der Waals surface area (Å²) in [5, 5.41) is 5.81. The summed E-state index contributed by atoms with van der Waals surface area (Å²) in [5.41, 5.74) is 5.60. The first-order chi connectivity index (χ1) is 14.3. The molecule has 2 aliphatic heterocycles. The van der Waals surface area contributed by atoms with Crippen LogP contribution in [0.5, 0.6) is 0 Å². The Labute approximate surface area is 208 Å². The summed E-state index contributed by atoms with van der Waals surface area (Å²) in [4.78, 5) is 25.8. The van der Waals surface area contributed by atoms with E-state index in [1.54, 1.807) is 0 Å². The zero-order valence-corrected chi connectivity index (χ0v) is 22.4. The molecule has 8 heteroatoms. The molecule has 4 nitrogen and oxygen atoms in total. The maximum absolute atomic E-state index is 12.9. The lowest BCUT2D eigenvalue weighted by molar-refractivity contribution is -0.117. The Balaban J connectivity index is 1.90. The van der Waals surface area contributed by atoms with Crippen LogP contribution in [0, 0.1) is 0 Å². The van der Waals surface area contributed by atoms with Gasteiger partial charge in [0.15, 0.2) is 0 Å². The summed E-state index contributed by atoms with van der Waals surface area (Å²) < 4.78 is 3.71. The molecule has 0 bridgehead atoms. The highest BCUT2D eigenvalue weighted by Gasteiger charge is 2.41. The lowest BCUT2D eigenvalue weighted by Crippen LogP contribution is -2.21. The average Bonchev–Trinajstić information content (AvgIpc) is 3.20. The van der Waals surface area contributed by atoms with E-state index in [4.69, 9.17) is 0 Å². The summed E-state index contributed by atoms with van der Waals surface area (Å²) in [7, 11) is 0. The number of hydrogen-bond acceptors (Lipinski definition) is 2. The summed E-state index contributed by atoms with van der Waals surface area (Å²) >= 11 is 14.4. The first kappa shape index (κ1) is 22.0. The second-order valence-electron chi connectivity index (χ2n) is 6.95. The summed E-state index contributed by atoms with van der Waals surface area (Å²) in [6, 6.07) is 7.74. The van der Waals surface area contributed by atoms with Gasteiger partial charge in [-0.1, -0.05) is 77.6 Å². The third-order valence-corrected chi connectivity index (χ3v) is 8.08. The predicted molar refractivity (Wildman–Crippen MR) is 133 cm³/mol. The molecular weight excluding hydrogens is 644 g/mol. The average molecular weight is 660 g/mol. The van der Waals surface area contributed by atoms with Gasteiger partial charge in [-0.15, -0.1) is 0 Å². The summed E-state index contributed by atoms with van der Waals surface area (Å²) in [5.74, 6) is -0.570. The number of halogens is 4. The molecule has 0 fully saturated rings. The minimum absolute atomic E-state index is 0.285. The fraction of sp³-hybridized carbons (Fsp3) is 0.182. The van der Waals surface area contributed by atoms with Gasteiger partial charge in [0.2, 0.25) is 0 Å². The van der Waals surface area contributed by atoms with Gasteiger partial charge in [0.1, 0.15) is 0 Å². The summed E-state index contributed by atoms with van der Waals surface area (Å²) in [6.07, 6.45) is 1.71. The largest absolute Gasteiger partial charge is 0.321 e. The van der Waals surface area contributed by atoms with Gasteiger partial charge in [-0.05, 0) is 48.2 Å². The molecule has 4 rings (SSSR count). The van der Waals surface area contributed by atoms with Crippen molar-refractivity contribution in [1.29, 1.82) is 0 Å². The number of rotatable bonds is 4. The topological polar surface area (TPSA) is 58.2 Å². The normalized spacial score (nSPS) is 15.7. The molecule has 2 aromatic carbocycles. The first-order valence-electron chi connectivity index (χ1n) is 9.34. The molecule has 2 aliphatic rings. The van der Waals surface area contributed by atoms with E-state index in [2.05, 4.69) is 88.2 Å². The molecule has 0 atom stereocenters. The highest BCUT2D eigenvalue weighted by Crippen LogP contribution is 2.41. The van der Waals surface area contributed by atoms with Gasteiger partial charge in [0, 0.05) is 29.0 Å². The van der Waals surface area contributed by atoms with Gasteiger partial charge >= 0.3 is 0 Å². The van der Waals surface area contributed by atoms with Crippen molar-refractivity contribution in [2.75, 3.05) is 0 Å². The van der Waals surface area contributed by atoms with Crippen LogP contribution >= 0.6 is 63.7 Å². The smallest absolute Gasteiger partial charge is 0.258 e. The number of carbonyl (C=O) groups is 2. The fourth-order valence-electron chi connectivity index (χ4n) is 3.78. The van der Waals surface area contributed by atoms with Crippen LogP contribution in [-0.4, -0.2) is 11.8 Å². The molecule has 0 unspecified atom stereocenters. The Kier molecular flexibility index (Phi) is 6.14. The Morgan fingerprint density at radius 2 is 0.933 bits per heavy atom. The number of benzene rings is 2. The molecule has 0 saturated heterocycles. The SMILES string of the molecule is CCc1c(Br)cc(C2=C3C(=O)NC(c4cc(Br)c(CC)c(Br)c4)=C3C(=O)N2)cc1Br. The van der Waals surface area contributed by atoms with Gasteiger partial charge in [-0.2, -0.15) is 0 Å². The maximum atomic E-state index is 12.9. The monoisotopic (exact) mass is 656 g/mol. The molecule has 2 N–H and O–H groups in total. The van der Waals surface area contributed by atoms with Crippen molar-refractivity contribution < 1.29 is 9.59 Å². The zero-order valence-electron chi connectivity index (χ0n) is 16.1.